The molecule has 3 atom stereocenters. The highest BCUT2D eigenvalue weighted by Gasteiger charge is 2.40. The molecule has 1 aliphatic rings. The van der Waals surface area contributed by atoms with Crippen molar-refractivity contribution in [3.05, 3.63) is 47.5 Å². The lowest BCUT2D eigenvalue weighted by atomic mass is 9.99. The van der Waals surface area contributed by atoms with Crippen molar-refractivity contribution >= 4 is 22.4 Å². The summed E-state index contributed by atoms with van der Waals surface area (Å²) in [6, 6.07) is 11.1. The Morgan fingerprint density at radius 3 is 2.32 bits per heavy atom. The minimum Gasteiger partial charge on any atom is -0.459 e. The zero-order valence-electron chi connectivity index (χ0n) is 24.6. The molecule has 1 aromatic carbocycles. The molecule has 0 aliphatic carbocycles. The first-order chi connectivity index (χ1) is 17.2. The summed E-state index contributed by atoms with van der Waals surface area (Å²) in [5, 5.41) is 0.0863. The van der Waals surface area contributed by atoms with Crippen LogP contribution in [0.15, 0.2) is 42.0 Å². The summed E-state index contributed by atoms with van der Waals surface area (Å²) in [6.07, 6.45) is 2.06. The summed E-state index contributed by atoms with van der Waals surface area (Å²) < 4.78 is 30.3. The maximum Gasteiger partial charge on any atom is 0.331 e. The summed E-state index contributed by atoms with van der Waals surface area (Å²) in [4.78, 5) is 12.4. The van der Waals surface area contributed by atoms with Gasteiger partial charge in [0.2, 0.25) is 0 Å². The van der Waals surface area contributed by atoms with Gasteiger partial charge in [0.1, 0.15) is 12.9 Å². The molecule has 210 valence electrons. The molecule has 8 heteroatoms. The highest BCUT2D eigenvalue weighted by atomic mass is 28.4. The Labute approximate surface area is 227 Å². The summed E-state index contributed by atoms with van der Waals surface area (Å²) in [5.74, 6) is -0.322. The van der Waals surface area contributed by atoms with Crippen LogP contribution in [-0.2, 0) is 34.8 Å². The highest BCUT2D eigenvalue weighted by Crippen LogP contribution is 2.38. The molecule has 0 fully saturated rings. The van der Waals surface area contributed by atoms with E-state index >= 15 is 0 Å². The average Bonchev–Trinajstić information content (AvgIpc) is 2.76. The van der Waals surface area contributed by atoms with Gasteiger partial charge in [-0.05, 0) is 42.2 Å². The van der Waals surface area contributed by atoms with Crippen molar-refractivity contribution in [1.82, 2.24) is 0 Å². The zero-order chi connectivity index (χ0) is 27.7. The van der Waals surface area contributed by atoms with Crippen molar-refractivity contribution in [2.45, 2.75) is 109 Å². The minimum absolute atomic E-state index is 0.0863. The highest BCUT2D eigenvalue weighted by molar-refractivity contribution is 6.76. The number of carbonyl (C=O) groups excluding carboxylic acids is 1. The van der Waals surface area contributed by atoms with Crippen LogP contribution in [0.4, 0.5) is 0 Å². The van der Waals surface area contributed by atoms with Gasteiger partial charge in [-0.25, -0.2) is 4.79 Å². The van der Waals surface area contributed by atoms with Gasteiger partial charge >= 0.3 is 5.97 Å². The molecule has 6 nitrogen and oxygen atoms in total. The summed E-state index contributed by atoms with van der Waals surface area (Å²) in [5.41, 5.74) is 2.05. The first-order valence-electron chi connectivity index (χ1n) is 13.6. The van der Waals surface area contributed by atoms with Gasteiger partial charge in [0, 0.05) is 33.6 Å². The van der Waals surface area contributed by atoms with E-state index in [2.05, 4.69) is 60.4 Å². The topological polar surface area (TPSA) is 63.2 Å². The number of benzene rings is 1. The van der Waals surface area contributed by atoms with Crippen molar-refractivity contribution in [2.24, 2.45) is 0 Å². The Morgan fingerprint density at radius 1 is 1.03 bits per heavy atom. The Kier molecular flexibility index (Phi) is 12.2. The van der Waals surface area contributed by atoms with Gasteiger partial charge in [0.05, 0.1) is 25.4 Å². The zero-order valence-corrected chi connectivity index (χ0v) is 26.6. The van der Waals surface area contributed by atoms with Crippen molar-refractivity contribution in [1.29, 1.82) is 0 Å². The fourth-order valence-corrected chi connectivity index (χ4v) is 6.00. The van der Waals surface area contributed by atoms with Crippen molar-refractivity contribution in [2.75, 3.05) is 20.0 Å². The van der Waals surface area contributed by atoms with E-state index in [1.54, 1.807) is 6.08 Å². The minimum atomic E-state index is -2.01. The van der Waals surface area contributed by atoms with E-state index in [1.807, 2.05) is 30.3 Å². The van der Waals surface area contributed by atoms with E-state index in [4.69, 9.17) is 23.4 Å². The predicted molar refractivity (Wildman–Crippen MR) is 155 cm³/mol. The van der Waals surface area contributed by atoms with Crippen LogP contribution >= 0.6 is 0 Å². The molecule has 0 radical (unpaired) electrons. The molecule has 2 rings (SSSR count). The van der Waals surface area contributed by atoms with Crippen molar-refractivity contribution < 1.29 is 28.2 Å². The maximum atomic E-state index is 12.4. The van der Waals surface area contributed by atoms with Crippen molar-refractivity contribution in [3.63, 3.8) is 0 Å². The molecule has 0 aromatic heterocycles. The third-order valence-corrected chi connectivity index (χ3v) is 13.4. The van der Waals surface area contributed by atoms with Gasteiger partial charge < -0.3 is 23.4 Å². The second-order valence-corrected chi connectivity index (χ2v) is 23.3. The van der Waals surface area contributed by atoms with E-state index in [1.165, 1.54) is 0 Å². The first kappa shape index (κ1) is 31.9. The number of cyclic esters (lactones) is 1. The van der Waals surface area contributed by atoms with Crippen LogP contribution < -0.4 is 0 Å². The molecule has 37 heavy (non-hydrogen) atoms. The molecule has 0 bridgehead atoms. The predicted octanol–water partition coefficient (Wildman–Crippen LogP) is 6.94. The molecule has 1 aliphatic heterocycles. The van der Waals surface area contributed by atoms with E-state index < -0.39 is 16.4 Å². The van der Waals surface area contributed by atoms with Crippen LogP contribution in [0.3, 0.4) is 0 Å². The Bertz CT molecular complexity index is 857. The number of hydrogen-bond donors (Lipinski definition) is 0. The quantitative estimate of drug-likeness (QED) is 0.102. The lowest BCUT2D eigenvalue weighted by molar-refractivity contribution is -0.153. The van der Waals surface area contributed by atoms with Crippen LogP contribution in [0, 0.1) is 0 Å². The number of carbonyl (C=O) groups is 1. The Hall–Kier alpha value is -1.30. The largest absolute Gasteiger partial charge is 0.459 e. The Morgan fingerprint density at radius 2 is 1.70 bits per heavy atom. The van der Waals surface area contributed by atoms with Gasteiger partial charge in [-0.2, -0.15) is 0 Å². The SMILES string of the molecule is C[C@@H](O[Si](C)(C)C(C)(C)C)[C@@H](C[C@@H]1CC(COCc2ccccc2)=CC(=O)O1)OCOCC[Si](C)(C)C. The van der Waals surface area contributed by atoms with Gasteiger partial charge in [-0.3, -0.25) is 0 Å². The summed E-state index contributed by atoms with van der Waals surface area (Å²) in [7, 11) is -3.17. The van der Waals surface area contributed by atoms with E-state index in [-0.39, 0.29) is 36.1 Å². The molecule has 1 aromatic rings. The summed E-state index contributed by atoms with van der Waals surface area (Å²) in [6.45, 7) is 22.1. The number of hydrogen-bond acceptors (Lipinski definition) is 6. The van der Waals surface area contributed by atoms with Gasteiger partial charge in [-0.15, -0.1) is 0 Å². The number of esters is 1. The van der Waals surface area contributed by atoms with Crippen LogP contribution in [0.25, 0.3) is 0 Å². The van der Waals surface area contributed by atoms with Gasteiger partial charge in [0.25, 0.3) is 0 Å². The molecular formula is C29H50O6Si2. The molecule has 0 saturated carbocycles. The molecule has 0 unspecified atom stereocenters. The van der Waals surface area contributed by atoms with Crippen LogP contribution in [-0.4, -0.2) is 60.7 Å². The van der Waals surface area contributed by atoms with E-state index in [0.29, 0.717) is 32.7 Å². The third kappa shape index (κ3) is 12.0. The lowest BCUT2D eigenvalue weighted by Gasteiger charge is -2.40. The third-order valence-electron chi connectivity index (χ3n) is 7.16. The molecular weight excluding hydrogens is 500 g/mol. The molecule has 0 N–H and O–H groups in total. The number of ether oxygens (including phenoxy) is 4. The molecule has 0 spiro atoms. The number of rotatable bonds is 15. The molecule has 0 amide bonds. The van der Waals surface area contributed by atoms with Crippen LogP contribution in [0.5, 0.6) is 0 Å². The van der Waals surface area contributed by atoms with Crippen molar-refractivity contribution in [3.8, 4) is 0 Å². The van der Waals surface area contributed by atoms with Crippen LogP contribution in [0.2, 0.25) is 43.8 Å². The average molecular weight is 551 g/mol. The first-order valence-corrected chi connectivity index (χ1v) is 20.2. The second-order valence-electron chi connectivity index (χ2n) is 12.9. The lowest BCUT2D eigenvalue weighted by Crippen LogP contribution is -2.47. The van der Waals surface area contributed by atoms with Gasteiger partial charge in [-0.1, -0.05) is 70.7 Å². The summed E-state index contributed by atoms with van der Waals surface area (Å²) >= 11 is 0. The van der Waals surface area contributed by atoms with E-state index in [9.17, 15) is 4.79 Å². The Balaban J connectivity index is 1.98. The smallest absolute Gasteiger partial charge is 0.331 e. The normalized spacial score (nSPS) is 18.8. The molecule has 1 heterocycles. The fraction of sp³-hybridized carbons (Fsp3) is 0.690. The maximum absolute atomic E-state index is 12.4. The second kappa shape index (κ2) is 14.2. The van der Waals surface area contributed by atoms with E-state index in [0.717, 1.165) is 17.2 Å². The molecule has 0 saturated heterocycles. The monoisotopic (exact) mass is 550 g/mol. The van der Waals surface area contributed by atoms with Gasteiger partial charge in [0.15, 0.2) is 8.32 Å². The fourth-order valence-electron chi connectivity index (χ4n) is 3.81. The standard InChI is InChI=1S/C29H50O6Si2/c1-23(35-37(8,9)29(2,3)4)27(33-22-31-15-16-36(5,6)7)19-26-17-25(18-28(30)34-26)21-32-20-24-13-11-10-12-14-24/h10-14,18,23,26-27H,15-17,19-22H2,1-9H3/t23-,26+,27-/m1/s1. The van der Waals surface area contributed by atoms with Crippen LogP contribution in [0.1, 0.15) is 46.1 Å².